The molecule has 1 aromatic heterocycles. The molecule has 0 radical (unpaired) electrons. The van der Waals surface area contributed by atoms with Gasteiger partial charge in [-0.15, -0.1) is 0 Å². The molecule has 5 heteroatoms. The fourth-order valence-corrected chi connectivity index (χ4v) is 1.94. The Labute approximate surface area is 101 Å². The van der Waals surface area contributed by atoms with E-state index in [1.165, 1.54) is 0 Å². The molecule has 1 heterocycles. The predicted molar refractivity (Wildman–Crippen MR) is 63.7 cm³/mol. The first-order valence-electron chi connectivity index (χ1n) is 5.32. The highest BCUT2D eigenvalue weighted by Crippen LogP contribution is 2.22. The lowest BCUT2D eigenvalue weighted by Gasteiger charge is -2.17. The molecule has 4 nitrogen and oxygen atoms in total. The van der Waals surface area contributed by atoms with Crippen molar-refractivity contribution in [3.05, 3.63) is 16.4 Å². The van der Waals surface area contributed by atoms with E-state index < -0.39 is 6.10 Å². The van der Waals surface area contributed by atoms with Gasteiger partial charge in [-0.3, -0.25) is 4.68 Å². The zero-order valence-corrected chi connectivity index (χ0v) is 11.0. The van der Waals surface area contributed by atoms with E-state index >= 15 is 0 Å². The van der Waals surface area contributed by atoms with Crippen molar-refractivity contribution in [2.24, 2.45) is 13.0 Å². The van der Waals surface area contributed by atoms with Crippen LogP contribution < -0.4 is 0 Å². The second-order valence-electron chi connectivity index (χ2n) is 4.18. The molecule has 0 aromatic carbocycles. The van der Waals surface area contributed by atoms with Gasteiger partial charge in [0.1, 0.15) is 5.15 Å². The number of hydrogen-bond acceptors (Lipinski definition) is 3. The van der Waals surface area contributed by atoms with E-state index in [9.17, 15) is 5.11 Å². The number of aromatic nitrogens is 2. The van der Waals surface area contributed by atoms with Crippen molar-refractivity contribution in [3.8, 4) is 0 Å². The van der Waals surface area contributed by atoms with Crippen LogP contribution in [-0.2, 0) is 18.2 Å². The van der Waals surface area contributed by atoms with Crippen LogP contribution in [0.3, 0.4) is 0 Å². The predicted octanol–water partition coefficient (Wildman–Crippen LogP) is 1.57. The largest absolute Gasteiger partial charge is 0.392 e. The third kappa shape index (κ3) is 2.97. The van der Waals surface area contributed by atoms with Gasteiger partial charge in [-0.25, -0.2) is 0 Å². The molecule has 2 unspecified atom stereocenters. The minimum Gasteiger partial charge on any atom is -0.392 e. The maximum Gasteiger partial charge on any atom is 0.130 e. The van der Waals surface area contributed by atoms with E-state index in [1.54, 1.807) is 18.8 Å². The van der Waals surface area contributed by atoms with Crippen molar-refractivity contribution in [1.82, 2.24) is 9.78 Å². The minimum absolute atomic E-state index is 0.0840. The molecule has 0 amide bonds. The number of methoxy groups -OCH3 is 1. The summed E-state index contributed by atoms with van der Waals surface area (Å²) >= 11 is 6.10. The summed E-state index contributed by atoms with van der Waals surface area (Å²) in [6, 6.07) is 0. The van der Waals surface area contributed by atoms with Gasteiger partial charge in [0.25, 0.3) is 0 Å². The third-order valence-electron chi connectivity index (χ3n) is 2.77. The molecule has 0 fully saturated rings. The van der Waals surface area contributed by atoms with E-state index in [0.717, 1.165) is 11.3 Å². The van der Waals surface area contributed by atoms with Gasteiger partial charge in [0.2, 0.25) is 0 Å². The number of ether oxygens (including phenoxy) is 1. The van der Waals surface area contributed by atoms with Gasteiger partial charge in [0.15, 0.2) is 0 Å². The van der Waals surface area contributed by atoms with Gasteiger partial charge in [0, 0.05) is 32.1 Å². The van der Waals surface area contributed by atoms with Crippen molar-refractivity contribution in [1.29, 1.82) is 0 Å². The highest BCUT2D eigenvalue weighted by molar-refractivity contribution is 6.30. The van der Waals surface area contributed by atoms with Crippen LogP contribution in [0.1, 0.15) is 18.2 Å². The molecule has 92 valence electrons. The average molecular weight is 247 g/mol. The molecule has 0 aliphatic rings. The molecular formula is C11H19ClN2O2. The Morgan fingerprint density at radius 2 is 2.19 bits per heavy atom. The van der Waals surface area contributed by atoms with Gasteiger partial charge in [-0.2, -0.15) is 5.10 Å². The Morgan fingerprint density at radius 3 is 2.62 bits per heavy atom. The van der Waals surface area contributed by atoms with Crippen LogP contribution >= 0.6 is 11.6 Å². The monoisotopic (exact) mass is 246 g/mol. The number of aliphatic hydroxyl groups excluding tert-OH is 1. The smallest absolute Gasteiger partial charge is 0.130 e. The molecule has 1 aromatic rings. The number of halogens is 1. The molecule has 16 heavy (non-hydrogen) atoms. The summed E-state index contributed by atoms with van der Waals surface area (Å²) < 4.78 is 6.64. The summed E-state index contributed by atoms with van der Waals surface area (Å²) in [7, 11) is 3.43. The lowest BCUT2D eigenvalue weighted by molar-refractivity contribution is 0.0574. The van der Waals surface area contributed by atoms with Crippen molar-refractivity contribution in [2.45, 2.75) is 26.4 Å². The zero-order chi connectivity index (χ0) is 12.3. The first-order valence-corrected chi connectivity index (χ1v) is 5.70. The van der Waals surface area contributed by atoms with E-state index in [-0.39, 0.29) is 5.92 Å². The van der Waals surface area contributed by atoms with Gasteiger partial charge in [-0.1, -0.05) is 18.5 Å². The van der Waals surface area contributed by atoms with Crippen LogP contribution in [0.2, 0.25) is 5.15 Å². The first kappa shape index (κ1) is 13.5. The lowest BCUT2D eigenvalue weighted by Crippen LogP contribution is -2.24. The number of aliphatic hydroxyl groups is 1. The number of rotatable bonds is 5. The maximum absolute atomic E-state index is 9.98. The second-order valence-corrected chi connectivity index (χ2v) is 4.54. The van der Waals surface area contributed by atoms with E-state index in [4.69, 9.17) is 16.3 Å². The molecule has 0 bridgehead atoms. The zero-order valence-electron chi connectivity index (χ0n) is 10.2. The molecule has 0 aliphatic heterocycles. The summed E-state index contributed by atoms with van der Waals surface area (Å²) in [6.07, 6.45) is 0.0589. The molecule has 0 spiro atoms. The fraction of sp³-hybridized carbons (Fsp3) is 0.727. The highest BCUT2D eigenvalue weighted by atomic mass is 35.5. The minimum atomic E-state index is -0.458. The number of hydrogen-bond donors (Lipinski definition) is 1. The van der Waals surface area contributed by atoms with Crippen LogP contribution in [0.15, 0.2) is 0 Å². The normalized spacial score (nSPS) is 15.1. The van der Waals surface area contributed by atoms with Gasteiger partial charge in [0.05, 0.1) is 18.4 Å². The van der Waals surface area contributed by atoms with E-state index in [1.807, 2.05) is 13.8 Å². The van der Waals surface area contributed by atoms with Crippen molar-refractivity contribution < 1.29 is 9.84 Å². The SMILES string of the molecule is COCC(C)C(O)Cc1c(C)nn(C)c1Cl. The van der Waals surface area contributed by atoms with Crippen molar-refractivity contribution in [3.63, 3.8) is 0 Å². The summed E-state index contributed by atoms with van der Waals surface area (Å²) in [5, 5.41) is 14.8. The molecule has 1 N–H and O–H groups in total. The van der Waals surface area contributed by atoms with Crippen molar-refractivity contribution >= 4 is 11.6 Å². The van der Waals surface area contributed by atoms with Crippen LogP contribution in [0.5, 0.6) is 0 Å². The Morgan fingerprint density at radius 1 is 1.56 bits per heavy atom. The Kier molecular flexibility index (Phi) is 4.77. The average Bonchev–Trinajstić information content (AvgIpc) is 2.45. The fourth-order valence-electron chi connectivity index (χ4n) is 1.69. The molecule has 0 saturated heterocycles. The van der Waals surface area contributed by atoms with E-state index in [0.29, 0.717) is 18.2 Å². The standard InChI is InChI=1S/C11H19ClN2O2/c1-7(6-16-4)10(15)5-9-8(2)13-14(3)11(9)12/h7,10,15H,5-6H2,1-4H3. The lowest BCUT2D eigenvalue weighted by atomic mass is 9.99. The van der Waals surface area contributed by atoms with Gasteiger partial charge < -0.3 is 9.84 Å². The first-order chi connectivity index (χ1) is 7.47. The van der Waals surface area contributed by atoms with Crippen LogP contribution in [0.4, 0.5) is 0 Å². The summed E-state index contributed by atoms with van der Waals surface area (Å²) in [6.45, 7) is 4.39. The summed E-state index contributed by atoms with van der Waals surface area (Å²) in [5.41, 5.74) is 1.79. The van der Waals surface area contributed by atoms with Crippen molar-refractivity contribution in [2.75, 3.05) is 13.7 Å². The van der Waals surface area contributed by atoms with Crippen LogP contribution in [-0.4, -0.2) is 34.7 Å². The Balaban J connectivity index is 2.72. The number of nitrogens with zero attached hydrogens (tertiary/aromatic N) is 2. The molecule has 1 rings (SSSR count). The Hall–Kier alpha value is -0.580. The summed E-state index contributed by atoms with van der Waals surface area (Å²) in [5.74, 6) is 0.0840. The van der Waals surface area contributed by atoms with Gasteiger partial charge >= 0.3 is 0 Å². The quantitative estimate of drug-likeness (QED) is 0.858. The molecule has 0 aliphatic carbocycles. The molecule has 2 atom stereocenters. The highest BCUT2D eigenvalue weighted by Gasteiger charge is 2.19. The Bertz CT molecular complexity index is 352. The second kappa shape index (κ2) is 5.66. The van der Waals surface area contributed by atoms with Gasteiger partial charge in [-0.05, 0) is 6.92 Å². The molecule has 0 saturated carbocycles. The van der Waals surface area contributed by atoms with E-state index in [2.05, 4.69) is 5.10 Å². The molecular weight excluding hydrogens is 228 g/mol. The third-order valence-corrected chi connectivity index (χ3v) is 3.24. The topological polar surface area (TPSA) is 47.3 Å². The van der Waals surface area contributed by atoms with Crippen LogP contribution in [0, 0.1) is 12.8 Å². The van der Waals surface area contributed by atoms with Crippen LogP contribution in [0.25, 0.3) is 0 Å². The number of aryl methyl sites for hydroxylation is 2. The maximum atomic E-state index is 9.98. The summed E-state index contributed by atoms with van der Waals surface area (Å²) in [4.78, 5) is 0.